The van der Waals surface area contributed by atoms with Gasteiger partial charge >= 0.3 is 6.18 Å². The third kappa shape index (κ3) is 5.46. The van der Waals surface area contributed by atoms with Gasteiger partial charge in [0.1, 0.15) is 0 Å². The quantitative estimate of drug-likeness (QED) is 0.808. The molecule has 0 radical (unpaired) electrons. The van der Waals surface area contributed by atoms with Gasteiger partial charge in [-0.3, -0.25) is 4.90 Å². The van der Waals surface area contributed by atoms with Gasteiger partial charge in [0.2, 0.25) is 5.89 Å². The molecule has 0 spiro atoms. The van der Waals surface area contributed by atoms with Crippen molar-refractivity contribution in [1.82, 2.24) is 15.0 Å². The molecule has 0 amide bonds. The number of nitrogens with zero attached hydrogens (tertiary/aromatic N) is 3. The monoisotopic (exact) mass is 267 g/mol. The van der Waals surface area contributed by atoms with Crippen LogP contribution in [0.15, 0.2) is 4.52 Å². The van der Waals surface area contributed by atoms with Gasteiger partial charge in [-0.05, 0) is 6.42 Å². The van der Waals surface area contributed by atoms with Crippen LogP contribution in [0, 0.1) is 0 Å². The maximum absolute atomic E-state index is 12.3. The topological polar surface area (TPSA) is 62.4 Å². The molecule has 0 atom stereocenters. The Labute approximate surface area is 103 Å². The third-order valence-corrected chi connectivity index (χ3v) is 2.16. The predicted molar refractivity (Wildman–Crippen MR) is 56.7 cm³/mol. The van der Waals surface area contributed by atoms with E-state index in [1.165, 1.54) is 0 Å². The van der Waals surface area contributed by atoms with Gasteiger partial charge in [-0.1, -0.05) is 12.1 Å². The molecule has 0 aliphatic rings. The zero-order chi connectivity index (χ0) is 13.6. The number of aliphatic hydroxyl groups excluding tert-OH is 1. The lowest BCUT2D eigenvalue weighted by atomic mass is 10.3. The lowest BCUT2D eigenvalue weighted by Gasteiger charge is -2.20. The van der Waals surface area contributed by atoms with Gasteiger partial charge in [-0.15, -0.1) is 0 Å². The van der Waals surface area contributed by atoms with Crippen LogP contribution in [0.5, 0.6) is 0 Å². The van der Waals surface area contributed by atoms with Crippen LogP contribution in [0.2, 0.25) is 0 Å². The number of halogens is 3. The molecule has 0 saturated carbocycles. The first-order valence-electron chi connectivity index (χ1n) is 5.66. The summed E-state index contributed by atoms with van der Waals surface area (Å²) in [5.74, 6) is 0.625. The van der Waals surface area contributed by atoms with E-state index in [9.17, 15) is 13.2 Å². The van der Waals surface area contributed by atoms with E-state index < -0.39 is 12.7 Å². The minimum absolute atomic E-state index is 0.0861. The summed E-state index contributed by atoms with van der Waals surface area (Å²) in [7, 11) is 0. The van der Waals surface area contributed by atoms with Crippen LogP contribution in [0.4, 0.5) is 13.2 Å². The zero-order valence-electron chi connectivity index (χ0n) is 10.1. The summed E-state index contributed by atoms with van der Waals surface area (Å²) in [5, 5.41) is 12.3. The highest BCUT2D eigenvalue weighted by atomic mass is 19.4. The normalized spacial score (nSPS) is 12.3. The van der Waals surface area contributed by atoms with Crippen molar-refractivity contribution in [2.45, 2.75) is 32.5 Å². The Kier molecular flexibility index (Phi) is 5.54. The molecule has 0 aliphatic carbocycles. The molecule has 18 heavy (non-hydrogen) atoms. The van der Waals surface area contributed by atoms with E-state index in [4.69, 9.17) is 9.63 Å². The number of hydrogen-bond donors (Lipinski definition) is 1. The summed E-state index contributed by atoms with van der Waals surface area (Å²) < 4.78 is 41.7. The summed E-state index contributed by atoms with van der Waals surface area (Å²) in [6.45, 7) is 0.303. The second-order valence-corrected chi connectivity index (χ2v) is 3.90. The molecule has 1 aromatic rings. The highest BCUT2D eigenvalue weighted by molar-refractivity contribution is 4.86. The number of alkyl halides is 3. The van der Waals surface area contributed by atoms with Crippen LogP contribution in [0.25, 0.3) is 0 Å². The van der Waals surface area contributed by atoms with E-state index in [1.807, 2.05) is 6.92 Å². The van der Waals surface area contributed by atoms with Gasteiger partial charge in [-0.25, -0.2) is 0 Å². The Hall–Kier alpha value is -1.15. The number of hydrogen-bond acceptors (Lipinski definition) is 5. The fraction of sp³-hybridized carbons (Fsp3) is 0.800. The summed E-state index contributed by atoms with van der Waals surface area (Å²) in [5.41, 5.74) is 0. The van der Waals surface area contributed by atoms with Crippen LogP contribution in [-0.4, -0.2) is 46.0 Å². The fourth-order valence-corrected chi connectivity index (χ4v) is 1.48. The number of aryl methyl sites for hydroxylation is 1. The Morgan fingerprint density at radius 3 is 2.67 bits per heavy atom. The van der Waals surface area contributed by atoms with Gasteiger partial charge in [0, 0.05) is 13.0 Å². The van der Waals surface area contributed by atoms with Crippen molar-refractivity contribution in [3.63, 3.8) is 0 Å². The third-order valence-electron chi connectivity index (χ3n) is 2.16. The van der Waals surface area contributed by atoms with Gasteiger partial charge in [0.15, 0.2) is 5.82 Å². The molecule has 0 unspecified atom stereocenters. The number of aromatic nitrogens is 2. The second kappa shape index (κ2) is 6.69. The van der Waals surface area contributed by atoms with Crippen molar-refractivity contribution >= 4 is 0 Å². The van der Waals surface area contributed by atoms with Crippen molar-refractivity contribution in [1.29, 1.82) is 0 Å². The molecule has 0 bridgehead atoms. The van der Waals surface area contributed by atoms with Gasteiger partial charge < -0.3 is 9.63 Å². The van der Waals surface area contributed by atoms with Crippen molar-refractivity contribution in [2.75, 3.05) is 19.7 Å². The first-order valence-corrected chi connectivity index (χ1v) is 5.66. The molecule has 1 aromatic heterocycles. The number of rotatable bonds is 7. The van der Waals surface area contributed by atoms with Crippen LogP contribution in [0.1, 0.15) is 25.1 Å². The van der Waals surface area contributed by atoms with E-state index in [0.29, 0.717) is 12.3 Å². The number of aliphatic hydroxyl groups is 1. The first-order chi connectivity index (χ1) is 8.44. The largest absolute Gasteiger partial charge is 0.401 e. The van der Waals surface area contributed by atoms with E-state index in [2.05, 4.69) is 10.1 Å². The fourth-order valence-electron chi connectivity index (χ4n) is 1.48. The summed E-state index contributed by atoms with van der Waals surface area (Å²) in [6, 6.07) is 0. The Bertz CT molecular complexity index is 354. The Morgan fingerprint density at radius 2 is 2.11 bits per heavy atom. The molecule has 1 heterocycles. The van der Waals surface area contributed by atoms with E-state index in [0.717, 1.165) is 11.3 Å². The molecular weight excluding hydrogens is 251 g/mol. The zero-order valence-corrected chi connectivity index (χ0v) is 10.1. The lowest BCUT2D eigenvalue weighted by molar-refractivity contribution is -0.148. The van der Waals surface area contributed by atoms with Crippen LogP contribution in [-0.2, 0) is 13.0 Å². The van der Waals surface area contributed by atoms with Crippen LogP contribution in [0.3, 0.4) is 0 Å². The smallest absolute Gasteiger partial charge is 0.395 e. The van der Waals surface area contributed by atoms with Gasteiger partial charge in [-0.2, -0.15) is 18.2 Å². The molecular formula is C10H16F3N3O2. The van der Waals surface area contributed by atoms with Gasteiger partial charge in [0.25, 0.3) is 0 Å². The minimum atomic E-state index is -4.31. The second-order valence-electron chi connectivity index (χ2n) is 3.90. The average Bonchev–Trinajstić information content (AvgIpc) is 2.64. The molecule has 1 N–H and O–H groups in total. The molecule has 0 aromatic carbocycles. The summed E-state index contributed by atoms with van der Waals surface area (Å²) in [4.78, 5) is 5.01. The first kappa shape index (κ1) is 14.9. The Balaban J connectivity index is 2.58. The van der Waals surface area contributed by atoms with E-state index in [1.54, 1.807) is 0 Å². The summed E-state index contributed by atoms with van der Waals surface area (Å²) >= 11 is 0. The van der Waals surface area contributed by atoms with E-state index >= 15 is 0 Å². The van der Waals surface area contributed by atoms with Crippen molar-refractivity contribution in [3.05, 3.63) is 11.7 Å². The molecule has 0 aliphatic heterocycles. The maximum Gasteiger partial charge on any atom is 0.401 e. The maximum atomic E-state index is 12.3. The summed E-state index contributed by atoms with van der Waals surface area (Å²) in [6.07, 6.45) is -2.89. The van der Waals surface area contributed by atoms with E-state index in [-0.39, 0.29) is 25.5 Å². The SMILES string of the molecule is CCCc1nc(CN(CCO)CC(F)(F)F)no1. The average molecular weight is 267 g/mol. The lowest BCUT2D eigenvalue weighted by Crippen LogP contribution is -2.36. The molecule has 104 valence electrons. The Morgan fingerprint density at radius 1 is 1.39 bits per heavy atom. The van der Waals surface area contributed by atoms with Crippen LogP contribution < -0.4 is 0 Å². The minimum Gasteiger partial charge on any atom is -0.395 e. The highest BCUT2D eigenvalue weighted by Crippen LogP contribution is 2.17. The van der Waals surface area contributed by atoms with Crippen molar-refractivity contribution < 1.29 is 22.8 Å². The van der Waals surface area contributed by atoms with Crippen molar-refractivity contribution in [3.8, 4) is 0 Å². The molecule has 0 saturated heterocycles. The van der Waals surface area contributed by atoms with Crippen LogP contribution >= 0.6 is 0 Å². The standard InChI is InChI=1S/C10H16F3N3O2/c1-2-3-9-14-8(15-18-9)6-16(4-5-17)7-10(11,12)13/h17H,2-7H2,1H3. The predicted octanol–water partition coefficient (Wildman–Crippen LogP) is 1.38. The molecule has 0 fully saturated rings. The van der Waals surface area contributed by atoms with Gasteiger partial charge in [0.05, 0.1) is 19.7 Å². The molecule has 5 nitrogen and oxygen atoms in total. The van der Waals surface area contributed by atoms with Crippen molar-refractivity contribution in [2.24, 2.45) is 0 Å². The molecule has 1 rings (SSSR count). The highest BCUT2D eigenvalue weighted by Gasteiger charge is 2.31. The molecule has 8 heteroatoms.